The zero-order valence-electron chi connectivity index (χ0n) is 12.0. The van der Waals surface area contributed by atoms with Gasteiger partial charge < -0.3 is 10.1 Å². The second-order valence-electron chi connectivity index (χ2n) is 4.85. The minimum absolute atomic E-state index is 0.139. The molecule has 2 N–H and O–H groups in total. The third-order valence-corrected chi connectivity index (χ3v) is 5.17. The molecule has 1 unspecified atom stereocenters. The number of pyridine rings is 1. The quantitative estimate of drug-likeness (QED) is 0.783. The van der Waals surface area contributed by atoms with E-state index < -0.39 is 0 Å². The van der Waals surface area contributed by atoms with Gasteiger partial charge in [0, 0.05) is 18.7 Å². The van der Waals surface area contributed by atoms with Crippen molar-refractivity contribution in [2.24, 2.45) is 5.73 Å². The zero-order chi connectivity index (χ0) is 14.8. The van der Waals surface area contributed by atoms with E-state index in [1.165, 1.54) is 0 Å². The van der Waals surface area contributed by atoms with E-state index in [1.807, 2.05) is 31.3 Å². The Morgan fingerprint density at radius 2 is 2.24 bits per heavy atom. The van der Waals surface area contributed by atoms with E-state index in [2.05, 4.69) is 21.5 Å². The van der Waals surface area contributed by atoms with Crippen molar-refractivity contribution in [3.05, 3.63) is 35.1 Å². The summed E-state index contributed by atoms with van der Waals surface area (Å²) in [6, 6.07) is 6.16. The maximum absolute atomic E-state index is 6.15. The summed E-state index contributed by atoms with van der Waals surface area (Å²) in [6.45, 7) is 4.06. The predicted octanol–water partition coefficient (Wildman–Crippen LogP) is 2.93. The molecule has 21 heavy (non-hydrogen) atoms. The minimum Gasteiger partial charge on any atom is -0.327 e. The molecule has 3 aromatic rings. The summed E-state index contributed by atoms with van der Waals surface area (Å²) >= 11 is 3.16. The number of rotatable bonds is 5. The molecule has 3 rings (SSSR count). The summed E-state index contributed by atoms with van der Waals surface area (Å²) in [6.07, 6.45) is 3.79. The average Bonchev–Trinajstić information content (AvgIpc) is 3.04. The van der Waals surface area contributed by atoms with Crippen molar-refractivity contribution in [2.45, 2.75) is 42.1 Å². The van der Waals surface area contributed by atoms with Crippen LogP contribution in [-0.2, 0) is 6.42 Å². The molecular formula is C14H17N5S2. The highest BCUT2D eigenvalue weighted by molar-refractivity contribution is 8.01. The van der Waals surface area contributed by atoms with Gasteiger partial charge in [-0.3, -0.25) is 0 Å². The lowest BCUT2D eigenvalue weighted by atomic mass is 10.1. The van der Waals surface area contributed by atoms with E-state index in [4.69, 9.17) is 10.7 Å². The number of nitrogens with two attached hydrogens (primary N) is 1. The molecule has 110 valence electrons. The number of aromatic nitrogens is 4. The van der Waals surface area contributed by atoms with Crippen molar-refractivity contribution >= 4 is 28.7 Å². The van der Waals surface area contributed by atoms with E-state index in [9.17, 15) is 0 Å². The Labute approximate surface area is 131 Å². The summed E-state index contributed by atoms with van der Waals surface area (Å²) in [7, 11) is 0. The predicted molar refractivity (Wildman–Crippen MR) is 85.9 cm³/mol. The molecule has 1 atom stereocenters. The molecule has 7 heteroatoms. The van der Waals surface area contributed by atoms with Crippen LogP contribution in [0.2, 0.25) is 0 Å². The molecule has 0 aliphatic rings. The highest BCUT2D eigenvalue weighted by atomic mass is 32.2. The largest absolute Gasteiger partial charge is 0.327 e. The van der Waals surface area contributed by atoms with Crippen molar-refractivity contribution in [1.29, 1.82) is 0 Å². The Kier molecular flexibility index (Phi) is 4.23. The third kappa shape index (κ3) is 3.09. The zero-order valence-corrected chi connectivity index (χ0v) is 13.6. The molecule has 0 aromatic carbocycles. The SMILES string of the molecule is CCC(N)Cc1c(Sc2nnc(C)s2)nc2ccccn12. The first kappa shape index (κ1) is 14.5. The number of aryl methyl sites for hydroxylation is 1. The summed E-state index contributed by atoms with van der Waals surface area (Å²) in [5.41, 5.74) is 8.24. The van der Waals surface area contributed by atoms with Crippen LogP contribution in [-0.4, -0.2) is 25.6 Å². The number of hydrogen-bond donors (Lipinski definition) is 1. The standard InChI is InChI=1S/C14H17N5S2/c1-3-10(15)8-11-13(21-14-18-17-9(2)20-14)16-12-6-4-5-7-19(11)12/h4-7,10H,3,8,15H2,1-2H3. The molecule has 3 heterocycles. The summed E-state index contributed by atoms with van der Waals surface area (Å²) < 4.78 is 3.04. The van der Waals surface area contributed by atoms with Crippen LogP contribution in [0.1, 0.15) is 24.0 Å². The normalized spacial score (nSPS) is 12.9. The van der Waals surface area contributed by atoms with Gasteiger partial charge >= 0.3 is 0 Å². The van der Waals surface area contributed by atoms with Gasteiger partial charge in [0.2, 0.25) is 0 Å². The van der Waals surface area contributed by atoms with Gasteiger partial charge in [-0.2, -0.15) is 0 Å². The Hall–Kier alpha value is -1.44. The van der Waals surface area contributed by atoms with Gasteiger partial charge in [0.1, 0.15) is 15.7 Å². The summed E-state index contributed by atoms with van der Waals surface area (Å²) in [5.74, 6) is 0. The van der Waals surface area contributed by atoms with Gasteiger partial charge in [0.05, 0.1) is 5.69 Å². The average molecular weight is 319 g/mol. The van der Waals surface area contributed by atoms with Gasteiger partial charge in [-0.15, -0.1) is 10.2 Å². The molecule has 0 saturated heterocycles. The van der Waals surface area contributed by atoms with E-state index in [0.717, 1.165) is 38.6 Å². The number of nitrogens with zero attached hydrogens (tertiary/aromatic N) is 4. The number of fused-ring (bicyclic) bond motifs is 1. The molecule has 0 spiro atoms. The van der Waals surface area contributed by atoms with Gasteiger partial charge in [-0.1, -0.05) is 24.3 Å². The second kappa shape index (κ2) is 6.13. The Morgan fingerprint density at radius 3 is 2.95 bits per heavy atom. The summed E-state index contributed by atoms with van der Waals surface area (Å²) in [5, 5.41) is 10.2. The molecule has 0 aliphatic heterocycles. The van der Waals surface area contributed by atoms with Crippen molar-refractivity contribution in [2.75, 3.05) is 0 Å². The van der Waals surface area contributed by atoms with Crippen LogP contribution in [0.15, 0.2) is 33.8 Å². The molecule has 0 saturated carbocycles. The third-order valence-electron chi connectivity index (χ3n) is 3.26. The number of hydrogen-bond acceptors (Lipinski definition) is 6. The first-order valence-electron chi connectivity index (χ1n) is 6.87. The van der Waals surface area contributed by atoms with Crippen molar-refractivity contribution in [1.82, 2.24) is 19.6 Å². The topological polar surface area (TPSA) is 69.1 Å². The molecule has 0 amide bonds. The molecule has 0 radical (unpaired) electrons. The van der Waals surface area contributed by atoms with Crippen LogP contribution in [0.25, 0.3) is 5.65 Å². The Bertz CT molecular complexity index is 749. The molecule has 0 aliphatic carbocycles. The van der Waals surface area contributed by atoms with Gasteiger partial charge in [0.25, 0.3) is 0 Å². The fraction of sp³-hybridized carbons (Fsp3) is 0.357. The highest BCUT2D eigenvalue weighted by Gasteiger charge is 2.17. The molecule has 0 bridgehead atoms. The van der Waals surface area contributed by atoms with Crippen molar-refractivity contribution in [3.8, 4) is 0 Å². The van der Waals surface area contributed by atoms with E-state index >= 15 is 0 Å². The van der Waals surface area contributed by atoms with Crippen LogP contribution in [0, 0.1) is 6.92 Å². The van der Waals surface area contributed by atoms with Crippen molar-refractivity contribution < 1.29 is 0 Å². The number of imidazole rings is 1. The fourth-order valence-corrected chi connectivity index (χ4v) is 3.95. The highest BCUT2D eigenvalue weighted by Crippen LogP contribution is 2.32. The molecule has 3 aromatic heterocycles. The molecule has 0 fully saturated rings. The fourth-order valence-electron chi connectivity index (χ4n) is 2.09. The van der Waals surface area contributed by atoms with Gasteiger partial charge in [0.15, 0.2) is 4.34 Å². The molecule has 5 nitrogen and oxygen atoms in total. The lowest BCUT2D eigenvalue weighted by Crippen LogP contribution is -2.22. The lowest BCUT2D eigenvalue weighted by molar-refractivity contribution is 0.627. The minimum atomic E-state index is 0.139. The van der Waals surface area contributed by atoms with E-state index in [-0.39, 0.29) is 6.04 Å². The van der Waals surface area contributed by atoms with E-state index in [0.29, 0.717) is 0 Å². The second-order valence-corrected chi connectivity index (χ2v) is 7.27. The maximum Gasteiger partial charge on any atom is 0.180 e. The summed E-state index contributed by atoms with van der Waals surface area (Å²) in [4.78, 5) is 4.71. The monoisotopic (exact) mass is 319 g/mol. The first-order valence-corrected chi connectivity index (χ1v) is 8.50. The van der Waals surface area contributed by atoms with Crippen LogP contribution in [0.3, 0.4) is 0 Å². The van der Waals surface area contributed by atoms with Crippen LogP contribution < -0.4 is 5.73 Å². The van der Waals surface area contributed by atoms with Crippen LogP contribution in [0.5, 0.6) is 0 Å². The maximum atomic E-state index is 6.15. The Balaban J connectivity index is 2.01. The first-order chi connectivity index (χ1) is 10.2. The van der Waals surface area contributed by atoms with Gasteiger partial charge in [-0.25, -0.2) is 4.98 Å². The van der Waals surface area contributed by atoms with E-state index in [1.54, 1.807) is 23.1 Å². The van der Waals surface area contributed by atoms with Crippen molar-refractivity contribution in [3.63, 3.8) is 0 Å². The van der Waals surface area contributed by atoms with Crippen LogP contribution in [0.4, 0.5) is 0 Å². The lowest BCUT2D eigenvalue weighted by Gasteiger charge is -2.09. The smallest absolute Gasteiger partial charge is 0.180 e. The van der Waals surface area contributed by atoms with Gasteiger partial charge in [-0.05, 0) is 37.2 Å². The Morgan fingerprint density at radius 1 is 1.38 bits per heavy atom. The molecular weight excluding hydrogens is 302 g/mol. The van der Waals surface area contributed by atoms with Crippen LogP contribution >= 0.6 is 23.1 Å².